The van der Waals surface area contributed by atoms with Gasteiger partial charge in [-0.05, 0) is 49.7 Å². The highest BCUT2D eigenvalue weighted by Crippen LogP contribution is 2.55. The van der Waals surface area contributed by atoms with Gasteiger partial charge in [0.25, 0.3) is 0 Å². The molecule has 0 atom stereocenters. The molecule has 106 valence electrons. The van der Waals surface area contributed by atoms with Crippen LogP contribution in [0.25, 0.3) is 0 Å². The maximum Gasteiger partial charge on any atom is 0.308 e. The Morgan fingerprint density at radius 2 is 1.20 bits per heavy atom. The summed E-state index contributed by atoms with van der Waals surface area (Å²) in [4.78, 5) is 22.5. The van der Waals surface area contributed by atoms with E-state index in [9.17, 15) is 9.59 Å². The van der Waals surface area contributed by atoms with Gasteiger partial charge in [0.15, 0.2) is 0 Å². The third kappa shape index (κ3) is 2.19. The largest absolute Gasteiger partial charge is 0.426 e. The summed E-state index contributed by atoms with van der Waals surface area (Å²) in [7, 11) is 0. The Balaban J connectivity index is 2.11. The van der Waals surface area contributed by atoms with E-state index in [1.807, 2.05) is 0 Å². The van der Waals surface area contributed by atoms with E-state index in [-0.39, 0.29) is 11.9 Å². The Kier molecular flexibility index (Phi) is 3.24. The average molecular weight is 274 g/mol. The molecule has 1 saturated carbocycles. The van der Waals surface area contributed by atoms with Gasteiger partial charge in [-0.1, -0.05) is 0 Å². The van der Waals surface area contributed by atoms with Crippen molar-refractivity contribution in [2.45, 2.75) is 51.4 Å². The first-order valence-corrected chi connectivity index (χ1v) is 7.10. The number of fused-ring (bicyclic) bond motifs is 2. The number of hydrogen-bond donors (Lipinski definition) is 0. The van der Waals surface area contributed by atoms with Crippen molar-refractivity contribution in [1.82, 2.24) is 0 Å². The first-order chi connectivity index (χ1) is 9.56. The normalized spacial score (nSPS) is 23.1. The molecule has 1 aromatic rings. The van der Waals surface area contributed by atoms with Crippen molar-refractivity contribution in [1.29, 1.82) is 0 Å². The third-order valence-corrected chi connectivity index (χ3v) is 4.26. The molecule has 1 aromatic carbocycles. The molecule has 20 heavy (non-hydrogen) atoms. The summed E-state index contributed by atoms with van der Waals surface area (Å²) < 4.78 is 10.7. The van der Waals surface area contributed by atoms with E-state index in [1.165, 1.54) is 13.8 Å². The quantitative estimate of drug-likeness (QED) is 0.613. The van der Waals surface area contributed by atoms with E-state index in [2.05, 4.69) is 0 Å². The lowest BCUT2D eigenvalue weighted by Crippen LogP contribution is -2.24. The van der Waals surface area contributed by atoms with Crippen molar-refractivity contribution in [3.8, 4) is 11.5 Å². The molecule has 4 heteroatoms. The predicted octanol–water partition coefficient (Wildman–Crippen LogP) is 3.29. The van der Waals surface area contributed by atoms with E-state index in [0.717, 1.165) is 36.8 Å². The van der Waals surface area contributed by atoms with Crippen molar-refractivity contribution in [3.05, 3.63) is 23.3 Å². The molecule has 0 radical (unpaired) electrons. The number of carbonyl (C=O) groups excluding carboxylic acids is 2. The van der Waals surface area contributed by atoms with Gasteiger partial charge < -0.3 is 9.47 Å². The molecule has 0 aromatic heterocycles. The lowest BCUT2D eigenvalue weighted by molar-refractivity contribution is -0.133. The van der Waals surface area contributed by atoms with Crippen LogP contribution >= 0.6 is 0 Å². The lowest BCUT2D eigenvalue weighted by Gasteiger charge is -2.39. The molecular weight excluding hydrogens is 256 g/mol. The Morgan fingerprint density at radius 3 is 1.50 bits per heavy atom. The SMILES string of the molecule is CC(=O)Oc1ccc(OC(C)=O)c2c1C1CCC2CC1. The van der Waals surface area contributed by atoms with Crippen LogP contribution in [0.1, 0.15) is 62.5 Å². The predicted molar refractivity (Wildman–Crippen MR) is 73.0 cm³/mol. The van der Waals surface area contributed by atoms with Gasteiger partial charge >= 0.3 is 11.9 Å². The first kappa shape index (κ1) is 13.2. The maximum atomic E-state index is 11.3. The zero-order valence-electron chi connectivity index (χ0n) is 11.8. The summed E-state index contributed by atoms with van der Waals surface area (Å²) in [5.74, 6) is 1.48. The molecule has 4 nitrogen and oxygen atoms in total. The van der Waals surface area contributed by atoms with Crippen molar-refractivity contribution in [3.63, 3.8) is 0 Å². The monoisotopic (exact) mass is 274 g/mol. The minimum atomic E-state index is -0.311. The Morgan fingerprint density at radius 1 is 0.850 bits per heavy atom. The van der Waals surface area contributed by atoms with E-state index in [1.54, 1.807) is 12.1 Å². The van der Waals surface area contributed by atoms with Crippen molar-refractivity contribution >= 4 is 11.9 Å². The molecule has 0 N–H and O–H groups in total. The van der Waals surface area contributed by atoms with Crippen LogP contribution in [0, 0.1) is 0 Å². The van der Waals surface area contributed by atoms with Crippen LogP contribution in [-0.2, 0) is 9.59 Å². The Bertz CT molecular complexity index is 517. The summed E-state index contributed by atoms with van der Waals surface area (Å²) in [6.07, 6.45) is 4.48. The van der Waals surface area contributed by atoms with E-state index < -0.39 is 0 Å². The van der Waals surface area contributed by atoms with Gasteiger partial charge in [0.2, 0.25) is 0 Å². The summed E-state index contributed by atoms with van der Waals surface area (Å²) in [6, 6.07) is 3.50. The lowest BCUT2D eigenvalue weighted by atomic mass is 9.66. The highest BCUT2D eigenvalue weighted by molar-refractivity contribution is 5.73. The minimum absolute atomic E-state index is 0.311. The molecule has 0 saturated heterocycles. The summed E-state index contributed by atoms with van der Waals surface area (Å²) in [5.41, 5.74) is 2.17. The van der Waals surface area contributed by atoms with Crippen LogP contribution in [0.4, 0.5) is 0 Å². The van der Waals surface area contributed by atoms with Gasteiger partial charge in [-0.2, -0.15) is 0 Å². The molecule has 4 rings (SSSR count). The fraction of sp³-hybridized carbons (Fsp3) is 0.500. The standard InChI is InChI=1S/C16H18O4/c1-9(17)19-13-7-8-14(20-10(2)18)16-12-5-3-11(4-6-12)15(13)16/h7-8,11-12H,3-6H2,1-2H3. The van der Waals surface area contributed by atoms with Gasteiger partial charge in [0, 0.05) is 25.0 Å². The molecule has 0 amide bonds. The molecule has 3 aliphatic carbocycles. The number of hydrogen-bond acceptors (Lipinski definition) is 4. The van der Waals surface area contributed by atoms with Crippen LogP contribution in [0.5, 0.6) is 11.5 Å². The summed E-state index contributed by atoms with van der Waals surface area (Å²) in [6.45, 7) is 2.82. The topological polar surface area (TPSA) is 52.6 Å². The number of rotatable bonds is 2. The van der Waals surface area contributed by atoms with Crippen molar-refractivity contribution in [2.24, 2.45) is 0 Å². The number of carbonyl (C=O) groups is 2. The van der Waals surface area contributed by atoms with Gasteiger partial charge in [0.1, 0.15) is 11.5 Å². The van der Waals surface area contributed by atoms with Crippen LogP contribution in [0.3, 0.4) is 0 Å². The fourth-order valence-electron chi connectivity index (χ4n) is 3.60. The molecule has 1 fully saturated rings. The maximum absolute atomic E-state index is 11.3. The van der Waals surface area contributed by atoms with Gasteiger partial charge in [-0.15, -0.1) is 0 Å². The molecule has 0 heterocycles. The molecule has 0 spiro atoms. The summed E-state index contributed by atoms with van der Waals surface area (Å²) >= 11 is 0. The molecule has 0 aliphatic heterocycles. The zero-order valence-corrected chi connectivity index (χ0v) is 11.8. The average Bonchev–Trinajstić information content (AvgIpc) is 2.41. The molecule has 0 unspecified atom stereocenters. The fourth-order valence-corrected chi connectivity index (χ4v) is 3.60. The van der Waals surface area contributed by atoms with Crippen LogP contribution in [-0.4, -0.2) is 11.9 Å². The second kappa shape index (κ2) is 4.93. The highest BCUT2D eigenvalue weighted by Gasteiger charge is 2.38. The van der Waals surface area contributed by atoms with Crippen molar-refractivity contribution < 1.29 is 19.1 Å². The smallest absolute Gasteiger partial charge is 0.308 e. The second-order valence-electron chi connectivity index (χ2n) is 5.63. The molecule has 3 aliphatic rings. The van der Waals surface area contributed by atoms with Gasteiger partial charge in [-0.25, -0.2) is 0 Å². The summed E-state index contributed by atoms with van der Waals surface area (Å²) in [5, 5.41) is 0. The van der Waals surface area contributed by atoms with E-state index >= 15 is 0 Å². The first-order valence-electron chi connectivity index (χ1n) is 7.10. The molecule has 2 bridgehead atoms. The van der Waals surface area contributed by atoms with E-state index in [0.29, 0.717) is 23.3 Å². The Labute approximate surface area is 118 Å². The number of benzene rings is 1. The van der Waals surface area contributed by atoms with Crippen LogP contribution in [0.2, 0.25) is 0 Å². The Hall–Kier alpha value is -1.84. The second-order valence-corrected chi connectivity index (χ2v) is 5.63. The van der Waals surface area contributed by atoms with Crippen LogP contribution < -0.4 is 9.47 Å². The van der Waals surface area contributed by atoms with Crippen LogP contribution in [0.15, 0.2) is 12.1 Å². The van der Waals surface area contributed by atoms with Crippen molar-refractivity contribution in [2.75, 3.05) is 0 Å². The van der Waals surface area contributed by atoms with Gasteiger partial charge in [0.05, 0.1) is 0 Å². The zero-order chi connectivity index (χ0) is 14.3. The number of esters is 2. The minimum Gasteiger partial charge on any atom is -0.426 e. The number of ether oxygens (including phenoxy) is 2. The third-order valence-electron chi connectivity index (χ3n) is 4.26. The highest BCUT2D eigenvalue weighted by atomic mass is 16.5. The van der Waals surface area contributed by atoms with Gasteiger partial charge in [-0.3, -0.25) is 9.59 Å². The van der Waals surface area contributed by atoms with E-state index in [4.69, 9.17) is 9.47 Å². The molecular formula is C16H18O4.